The van der Waals surface area contributed by atoms with Crippen molar-refractivity contribution >= 4 is 34.6 Å². The van der Waals surface area contributed by atoms with Gasteiger partial charge < -0.3 is 19.9 Å². The van der Waals surface area contributed by atoms with Crippen LogP contribution in [0.15, 0.2) is 60.9 Å². The molecule has 0 spiro atoms. The molecule has 1 fully saturated rings. The Kier molecular flexibility index (Phi) is 4.30. The van der Waals surface area contributed by atoms with Gasteiger partial charge in [0.2, 0.25) is 0 Å². The Balaban J connectivity index is 1.88. The first-order chi connectivity index (χ1) is 12.6. The lowest BCUT2D eigenvalue weighted by molar-refractivity contribution is 0.471. The minimum atomic E-state index is -0.179. The maximum atomic E-state index is 10.4. The molecule has 4 rings (SSSR count). The van der Waals surface area contributed by atoms with Gasteiger partial charge in [0.05, 0.1) is 17.4 Å². The molecule has 1 saturated heterocycles. The Bertz CT molecular complexity index is 959. The standard InChI is InChI=1S/C19H17ClN4OS/c1-23-10-4-6-14(23)18-17(13-5-2-3-9-21-13)22-19(26)24(18)15-11-12(20)7-8-16(15)25/h2-11,17-18,25H,1H3,(H,22,26). The van der Waals surface area contributed by atoms with Crippen LogP contribution in [0.3, 0.4) is 0 Å². The summed E-state index contributed by atoms with van der Waals surface area (Å²) in [6.07, 6.45) is 3.75. The average molecular weight is 385 g/mol. The van der Waals surface area contributed by atoms with E-state index in [0.29, 0.717) is 15.8 Å². The number of nitrogens with one attached hydrogen (secondary N) is 1. The second-order valence-corrected chi connectivity index (χ2v) is 7.00. The van der Waals surface area contributed by atoms with Gasteiger partial charge in [0.25, 0.3) is 0 Å². The van der Waals surface area contributed by atoms with Crippen LogP contribution in [0, 0.1) is 0 Å². The van der Waals surface area contributed by atoms with E-state index in [9.17, 15) is 5.11 Å². The highest BCUT2D eigenvalue weighted by Crippen LogP contribution is 2.44. The van der Waals surface area contributed by atoms with Crippen molar-refractivity contribution in [1.82, 2.24) is 14.9 Å². The molecule has 1 aliphatic heterocycles. The Hall–Kier alpha value is -2.57. The normalized spacial score (nSPS) is 19.6. The summed E-state index contributed by atoms with van der Waals surface area (Å²) < 4.78 is 2.05. The van der Waals surface area contributed by atoms with Crippen molar-refractivity contribution in [2.24, 2.45) is 7.05 Å². The first kappa shape index (κ1) is 16.9. The van der Waals surface area contributed by atoms with E-state index < -0.39 is 0 Å². The van der Waals surface area contributed by atoms with Gasteiger partial charge in [0, 0.05) is 30.2 Å². The summed E-state index contributed by atoms with van der Waals surface area (Å²) in [5, 5.41) is 14.9. The summed E-state index contributed by atoms with van der Waals surface area (Å²) in [5.41, 5.74) is 2.50. The van der Waals surface area contributed by atoms with E-state index in [1.165, 1.54) is 0 Å². The number of phenolic OH excluding ortho intramolecular Hbond substituents is 1. The van der Waals surface area contributed by atoms with Crippen LogP contribution in [0.25, 0.3) is 0 Å². The molecule has 0 aliphatic carbocycles. The van der Waals surface area contributed by atoms with Gasteiger partial charge >= 0.3 is 0 Å². The summed E-state index contributed by atoms with van der Waals surface area (Å²) in [5.74, 6) is 0.124. The van der Waals surface area contributed by atoms with Gasteiger partial charge in [-0.1, -0.05) is 17.7 Å². The fraction of sp³-hybridized carbons (Fsp3) is 0.158. The third-order valence-corrected chi connectivity index (χ3v) is 5.13. The number of phenols is 1. The van der Waals surface area contributed by atoms with Crippen LogP contribution in [0.4, 0.5) is 5.69 Å². The zero-order chi connectivity index (χ0) is 18.3. The van der Waals surface area contributed by atoms with Gasteiger partial charge in [-0.2, -0.15) is 0 Å². The Morgan fingerprint density at radius 3 is 2.73 bits per heavy atom. The van der Waals surface area contributed by atoms with Crippen LogP contribution in [0.1, 0.15) is 23.5 Å². The van der Waals surface area contributed by atoms with E-state index in [1.807, 2.05) is 53.0 Å². The Morgan fingerprint density at radius 1 is 1.19 bits per heavy atom. The lowest BCUT2D eigenvalue weighted by Gasteiger charge is -2.28. The van der Waals surface area contributed by atoms with Crippen molar-refractivity contribution in [2.75, 3.05) is 4.90 Å². The Labute approximate surface area is 161 Å². The van der Waals surface area contributed by atoms with Gasteiger partial charge in [0.15, 0.2) is 5.11 Å². The smallest absolute Gasteiger partial charge is 0.174 e. The molecule has 3 heterocycles. The minimum Gasteiger partial charge on any atom is -0.506 e. The highest BCUT2D eigenvalue weighted by atomic mass is 35.5. The third kappa shape index (κ3) is 2.81. The summed E-state index contributed by atoms with van der Waals surface area (Å²) in [4.78, 5) is 6.41. The number of halogens is 1. The number of hydrogen-bond acceptors (Lipinski definition) is 3. The van der Waals surface area contributed by atoms with Gasteiger partial charge in [-0.15, -0.1) is 0 Å². The molecule has 132 valence electrons. The van der Waals surface area contributed by atoms with Gasteiger partial charge in [-0.05, 0) is 54.7 Å². The molecular formula is C19H17ClN4OS. The number of pyridine rings is 1. The number of aromatic hydroxyl groups is 1. The maximum Gasteiger partial charge on any atom is 0.174 e. The lowest BCUT2D eigenvalue weighted by Crippen LogP contribution is -2.30. The summed E-state index contributed by atoms with van der Waals surface area (Å²) in [6, 6.07) is 14.5. The molecule has 0 amide bonds. The maximum absolute atomic E-state index is 10.4. The lowest BCUT2D eigenvalue weighted by atomic mass is 10.0. The highest BCUT2D eigenvalue weighted by Gasteiger charge is 2.42. The molecule has 0 saturated carbocycles. The number of aromatic nitrogens is 2. The molecule has 5 nitrogen and oxygen atoms in total. The van der Waals surface area contributed by atoms with E-state index in [1.54, 1.807) is 24.4 Å². The molecule has 7 heteroatoms. The predicted octanol–water partition coefficient (Wildman–Crippen LogP) is 3.96. The van der Waals surface area contributed by atoms with Crippen LogP contribution < -0.4 is 10.2 Å². The molecule has 2 aromatic heterocycles. The fourth-order valence-electron chi connectivity index (χ4n) is 3.39. The number of nitrogens with zero attached hydrogens (tertiary/aromatic N) is 3. The Morgan fingerprint density at radius 2 is 2.04 bits per heavy atom. The second-order valence-electron chi connectivity index (χ2n) is 6.17. The monoisotopic (exact) mass is 384 g/mol. The van der Waals surface area contributed by atoms with Crippen molar-refractivity contribution in [2.45, 2.75) is 12.1 Å². The number of anilines is 1. The number of aryl methyl sites for hydroxylation is 1. The van der Waals surface area contributed by atoms with Crippen LogP contribution in [-0.2, 0) is 7.05 Å². The van der Waals surface area contributed by atoms with Crippen molar-refractivity contribution in [3.8, 4) is 5.75 Å². The van der Waals surface area contributed by atoms with E-state index >= 15 is 0 Å². The van der Waals surface area contributed by atoms with E-state index in [0.717, 1.165) is 11.4 Å². The number of hydrogen-bond donors (Lipinski definition) is 2. The topological polar surface area (TPSA) is 53.3 Å². The van der Waals surface area contributed by atoms with Gasteiger partial charge in [0.1, 0.15) is 11.8 Å². The van der Waals surface area contributed by atoms with Gasteiger partial charge in [-0.3, -0.25) is 4.98 Å². The van der Waals surface area contributed by atoms with Crippen molar-refractivity contribution in [3.63, 3.8) is 0 Å². The fourth-order valence-corrected chi connectivity index (χ4v) is 3.89. The zero-order valence-corrected chi connectivity index (χ0v) is 15.6. The molecule has 2 atom stereocenters. The summed E-state index contributed by atoms with van der Waals surface area (Å²) in [6.45, 7) is 0. The highest BCUT2D eigenvalue weighted by molar-refractivity contribution is 7.80. The van der Waals surface area contributed by atoms with E-state index in [2.05, 4.69) is 10.3 Å². The number of rotatable bonds is 3. The zero-order valence-electron chi connectivity index (χ0n) is 14.0. The van der Waals surface area contributed by atoms with Crippen molar-refractivity contribution in [3.05, 3.63) is 77.3 Å². The summed E-state index contributed by atoms with van der Waals surface area (Å²) in [7, 11) is 1.99. The third-order valence-electron chi connectivity index (χ3n) is 4.58. The van der Waals surface area contributed by atoms with Crippen LogP contribution in [-0.4, -0.2) is 19.8 Å². The molecule has 1 aliphatic rings. The minimum absolute atomic E-state index is 0.124. The molecule has 0 radical (unpaired) electrons. The van der Waals surface area contributed by atoms with Crippen LogP contribution in [0.2, 0.25) is 5.02 Å². The second kappa shape index (κ2) is 6.63. The number of thiocarbonyl (C=S) groups is 1. The molecular weight excluding hydrogens is 368 g/mol. The first-order valence-electron chi connectivity index (χ1n) is 8.16. The van der Waals surface area contributed by atoms with Crippen molar-refractivity contribution < 1.29 is 5.11 Å². The van der Waals surface area contributed by atoms with E-state index in [4.69, 9.17) is 23.8 Å². The molecule has 2 N–H and O–H groups in total. The molecule has 26 heavy (non-hydrogen) atoms. The van der Waals surface area contributed by atoms with Crippen molar-refractivity contribution in [1.29, 1.82) is 0 Å². The largest absolute Gasteiger partial charge is 0.506 e. The SMILES string of the molecule is Cn1cccc1C1C(c2ccccn2)NC(=S)N1c1cc(Cl)ccc1O. The van der Waals surface area contributed by atoms with E-state index in [-0.39, 0.29) is 17.8 Å². The average Bonchev–Trinajstić information content (AvgIpc) is 3.20. The summed E-state index contributed by atoms with van der Waals surface area (Å²) >= 11 is 11.8. The quantitative estimate of drug-likeness (QED) is 0.669. The molecule has 2 unspecified atom stereocenters. The van der Waals surface area contributed by atoms with Crippen LogP contribution >= 0.6 is 23.8 Å². The molecule has 3 aromatic rings. The number of benzene rings is 1. The predicted molar refractivity (Wildman–Crippen MR) is 106 cm³/mol. The van der Waals surface area contributed by atoms with Crippen LogP contribution in [0.5, 0.6) is 5.75 Å². The van der Waals surface area contributed by atoms with Gasteiger partial charge in [-0.25, -0.2) is 0 Å². The molecule has 1 aromatic carbocycles. The molecule has 0 bridgehead atoms. The first-order valence-corrected chi connectivity index (χ1v) is 8.95.